The van der Waals surface area contributed by atoms with E-state index in [9.17, 15) is 4.79 Å². The lowest BCUT2D eigenvalue weighted by Gasteiger charge is -2.11. The van der Waals surface area contributed by atoms with Crippen molar-refractivity contribution in [2.24, 2.45) is 0 Å². The van der Waals surface area contributed by atoms with Crippen LogP contribution in [-0.2, 0) is 4.79 Å². The third kappa shape index (κ3) is 3.65. The maximum Gasteiger partial charge on any atom is 0.262 e. The van der Waals surface area contributed by atoms with E-state index in [0.717, 1.165) is 11.3 Å². The van der Waals surface area contributed by atoms with Crippen molar-refractivity contribution in [3.8, 4) is 5.75 Å². The number of anilines is 1. The maximum absolute atomic E-state index is 11.8. The van der Waals surface area contributed by atoms with Gasteiger partial charge >= 0.3 is 0 Å². The minimum absolute atomic E-state index is 0.155. The fraction of sp³-hybridized carbons (Fsp3) is 0.133. The van der Waals surface area contributed by atoms with Crippen molar-refractivity contribution in [2.75, 3.05) is 11.9 Å². The Morgan fingerprint density at radius 3 is 2.40 bits per heavy atom. The van der Waals surface area contributed by atoms with Crippen LogP contribution in [0.4, 0.5) is 5.69 Å². The molecule has 0 atom stereocenters. The van der Waals surface area contributed by atoms with Gasteiger partial charge in [0.2, 0.25) is 0 Å². The Morgan fingerprint density at radius 1 is 1.10 bits per heavy atom. The number of rotatable bonds is 4. The predicted octanol–water partition coefficient (Wildman–Crippen LogP) is 4.32. The third-order valence-electron chi connectivity index (χ3n) is 2.69. The number of amides is 1. The van der Waals surface area contributed by atoms with E-state index in [1.807, 2.05) is 31.2 Å². The lowest BCUT2D eigenvalue weighted by molar-refractivity contribution is -0.118. The molecule has 0 radical (unpaired) electrons. The quantitative estimate of drug-likeness (QED) is 0.913. The zero-order chi connectivity index (χ0) is 14.5. The van der Waals surface area contributed by atoms with Gasteiger partial charge in [-0.25, -0.2) is 0 Å². The summed E-state index contributed by atoms with van der Waals surface area (Å²) in [6, 6.07) is 12.5. The van der Waals surface area contributed by atoms with E-state index >= 15 is 0 Å². The molecule has 3 nitrogen and oxygen atoms in total. The van der Waals surface area contributed by atoms with Gasteiger partial charge in [0.05, 0.1) is 10.0 Å². The van der Waals surface area contributed by atoms with Crippen molar-refractivity contribution < 1.29 is 9.53 Å². The fourth-order valence-corrected chi connectivity index (χ4v) is 2.16. The number of para-hydroxylation sites is 2. The monoisotopic (exact) mass is 309 g/mol. The summed E-state index contributed by atoms with van der Waals surface area (Å²) in [4.78, 5) is 11.8. The second kappa shape index (κ2) is 6.64. The molecular weight excluding hydrogens is 297 g/mol. The van der Waals surface area contributed by atoms with Gasteiger partial charge in [-0.05, 0) is 30.7 Å². The predicted molar refractivity (Wildman–Crippen MR) is 81.8 cm³/mol. The van der Waals surface area contributed by atoms with Crippen LogP contribution < -0.4 is 10.1 Å². The Hall–Kier alpha value is -1.71. The van der Waals surface area contributed by atoms with Crippen LogP contribution in [0.2, 0.25) is 10.0 Å². The summed E-state index contributed by atoms with van der Waals surface area (Å²) in [5.41, 5.74) is 1.74. The van der Waals surface area contributed by atoms with E-state index in [1.54, 1.807) is 18.2 Å². The van der Waals surface area contributed by atoms with Crippen LogP contribution in [-0.4, -0.2) is 12.5 Å². The van der Waals surface area contributed by atoms with Crippen LogP contribution in [0.3, 0.4) is 0 Å². The van der Waals surface area contributed by atoms with Gasteiger partial charge in [-0.3, -0.25) is 4.79 Å². The third-order valence-corrected chi connectivity index (χ3v) is 3.28. The summed E-state index contributed by atoms with van der Waals surface area (Å²) in [6.45, 7) is 1.76. The minimum Gasteiger partial charge on any atom is -0.481 e. The van der Waals surface area contributed by atoms with Crippen molar-refractivity contribution in [2.45, 2.75) is 6.92 Å². The average Bonchev–Trinajstić information content (AvgIpc) is 2.41. The van der Waals surface area contributed by atoms with Crippen molar-refractivity contribution in [1.82, 2.24) is 0 Å². The van der Waals surface area contributed by atoms with Crippen LogP contribution in [0.1, 0.15) is 5.56 Å². The normalized spacial score (nSPS) is 10.2. The molecule has 0 heterocycles. The number of hydrogen-bond donors (Lipinski definition) is 1. The molecule has 0 saturated heterocycles. The molecule has 5 heteroatoms. The number of benzene rings is 2. The van der Waals surface area contributed by atoms with Gasteiger partial charge in [-0.1, -0.05) is 47.5 Å². The molecule has 2 aromatic carbocycles. The molecule has 1 amide bonds. The molecule has 0 fully saturated rings. The number of nitrogens with one attached hydrogen (secondary N) is 1. The van der Waals surface area contributed by atoms with Crippen LogP contribution in [0, 0.1) is 6.92 Å². The maximum atomic E-state index is 11.8. The second-order valence-electron chi connectivity index (χ2n) is 4.20. The first kappa shape index (κ1) is 14.7. The Morgan fingerprint density at radius 2 is 1.75 bits per heavy atom. The number of hydrogen-bond acceptors (Lipinski definition) is 2. The molecule has 2 aromatic rings. The lowest BCUT2D eigenvalue weighted by Crippen LogP contribution is -2.20. The van der Waals surface area contributed by atoms with E-state index in [-0.39, 0.29) is 12.5 Å². The molecule has 0 bridgehead atoms. The van der Waals surface area contributed by atoms with Gasteiger partial charge in [0.1, 0.15) is 0 Å². The highest BCUT2D eigenvalue weighted by Gasteiger charge is 2.10. The zero-order valence-corrected chi connectivity index (χ0v) is 12.3. The van der Waals surface area contributed by atoms with Crippen LogP contribution in [0.25, 0.3) is 0 Å². The summed E-state index contributed by atoms with van der Waals surface area (Å²) >= 11 is 11.9. The highest BCUT2D eigenvalue weighted by molar-refractivity contribution is 6.37. The van der Waals surface area contributed by atoms with Crippen LogP contribution in [0.15, 0.2) is 42.5 Å². The van der Waals surface area contributed by atoms with Crippen molar-refractivity contribution in [1.29, 1.82) is 0 Å². The second-order valence-corrected chi connectivity index (χ2v) is 5.02. The Balaban J connectivity index is 1.98. The molecule has 0 unspecified atom stereocenters. The Kier molecular flexibility index (Phi) is 4.88. The Bertz CT molecular complexity index is 609. The smallest absolute Gasteiger partial charge is 0.262 e. The van der Waals surface area contributed by atoms with E-state index < -0.39 is 0 Å². The molecule has 0 aromatic heterocycles. The SMILES string of the molecule is Cc1ccccc1NC(=O)COc1c(Cl)cccc1Cl. The molecule has 104 valence electrons. The van der Waals surface area contributed by atoms with E-state index in [0.29, 0.717) is 15.8 Å². The minimum atomic E-state index is -0.268. The highest BCUT2D eigenvalue weighted by atomic mass is 35.5. The van der Waals surface area contributed by atoms with Crippen molar-refractivity contribution >= 4 is 34.8 Å². The van der Waals surface area contributed by atoms with Crippen LogP contribution in [0.5, 0.6) is 5.75 Å². The molecular formula is C15H13Cl2NO2. The van der Waals surface area contributed by atoms with Crippen LogP contribution >= 0.6 is 23.2 Å². The standard InChI is InChI=1S/C15H13Cl2NO2/c1-10-5-2-3-8-13(10)18-14(19)9-20-15-11(16)6-4-7-12(15)17/h2-8H,9H2,1H3,(H,18,19). The Labute approximate surface area is 127 Å². The molecule has 0 aliphatic heterocycles. The van der Waals surface area contributed by atoms with Crippen molar-refractivity contribution in [3.05, 3.63) is 58.1 Å². The van der Waals surface area contributed by atoms with Gasteiger partial charge in [-0.2, -0.15) is 0 Å². The molecule has 0 aliphatic carbocycles. The first-order valence-electron chi connectivity index (χ1n) is 6.00. The van der Waals surface area contributed by atoms with E-state index in [2.05, 4.69) is 5.32 Å². The summed E-state index contributed by atoms with van der Waals surface area (Å²) in [5.74, 6) is 0.0473. The topological polar surface area (TPSA) is 38.3 Å². The zero-order valence-electron chi connectivity index (χ0n) is 10.8. The molecule has 2 rings (SSSR count). The number of carbonyl (C=O) groups is 1. The van der Waals surface area contributed by atoms with E-state index in [4.69, 9.17) is 27.9 Å². The first-order valence-corrected chi connectivity index (χ1v) is 6.76. The summed E-state index contributed by atoms with van der Waals surface area (Å²) < 4.78 is 5.37. The summed E-state index contributed by atoms with van der Waals surface area (Å²) in [5, 5.41) is 3.52. The van der Waals surface area contributed by atoms with Gasteiger partial charge < -0.3 is 10.1 Å². The van der Waals surface area contributed by atoms with E-state index in [1.165, 1.54) is 0 Å². The molecule has 1 N–H and O–H groups in total. The summed E-state index contributed by atoms with van der Waals surface area (Å²) in [6.07, 6.45) is 0. The van der Waals surface area contributed by atoms with Gasteiger partial charge in [0.15, 0.2) is 12.4 Å². The van der Waals surface area contributed by atoms with Gasteiger partial charge in [0, 0.05) is 5.69 Å². The molecule has 0 saturated carbocycles. The van der Waals surface area contributed by atoms with Gasteiger partial charge in [0.25, 0.3) is 5.91 Å². The number of aryl methyl sites for hydroxylation is 1. The largest absolute Gasteiger partial charge is 0.481 e. The van der Waals surface area contributed by atoms with Crippen molar-refractivity contribution in [3.63, 3.8) is 0 Å². The molecule has 0 spiro atoms. The van der Waals surface area contributed by atoms with Gasteiger partial charge in [-0.15, -0.1) is 0 Å². The molecule has 0 aliphatic rings. The number of ether oxygens (including phenoxy) is 1. The summed E-state index contributed by atoms with van der Waals surface area (Å²) in [7, 11) is 0. The highest BCUT2D eigenvalue weighted by Crippen LogP contribution is 2.32. The fourth-order valence-electron chi connectivity index (χ4n) is 1.66. The molecule has 20 heavy (non-hydrogen) atoms. The number of halogens is 2. The average molecular weight is 310 g/mol. The first-order chi connectivity index (χ1) is 9.58. The number of carbonyl (C=O) groups excluding carboxylic acids is 1. The lowest BCUT2D eigenvalue weighted by atomic mass is 10.2.